The van der Waals surface area contributed by atoms with Gasteiger partial charge in [0.25, 0.3) is 0 Å². The molecule has 2 aromatic rings. The average Bonchev–Trinajstić information content (AvgIpc) is 2.77. The van der Waals surface area contributed by atoms with Crippen LogP contribution in [0.25, 0.3) is 5.65 Å². The lowest BCUT2D eigenvalue weighted by Crippen LogP contribution is -2.35. The number of carboxylic acids is 1. The van der Waals surface area contributed by atoms with Crippen LogP contribution in [0.2, 0.25) is 0 Å². The molecule has 0 bridgehead atoms. The molecule has 1 saturated heterocycles. The van der Waals surface area contributed by atoms with Crippen molar-refractivity contribution >= 4 is 23.3 Å². The lowest BCUT2D eigenvalue weighted by molar-refractivity contribution is 0.0688. The largest absolute Gasteiger partial charge is 0.476 e. The molecule has 0 saturated carbocycles. The lowest BCUT2D eigenvalue weighted by Gasteiger charge is -2.33. The molecule has 0 aromatic carbocycles. The van der Waals surface area contributed by atoms with Crippen molar-refractivity contribution in [1.82, 2.24) is 14.6 Å². The van der Waals surface area contributed by atoms with Gasteiger partial charge in [0.2, 0.25) is 5.95 Å². The monoisotopic (exact) mass is 275 g/mol. The van der Waals surface area contributed by atoms with E-state index in [2.05, 4.69) is 21.9 Å². The van der Waals surface area contributed by atoms with E-state index in [-0.39, 0.29) is 11.6 Å². The van der Waals surface area contributed by atoms with Crippen LogP contribution in [0.5, 0.6) is 0 Å². The maximum absolute atomic E-state index is 11.6. The predicted molar refractivity (Wildman–Crippen MR) is 75.0 cm³/mol. The molecule has 3 heterocycles. The van der Waals surface area contributed by atoms with Crippen molar-refractivity contribution in [3.63, 3.8) is 0 Å². The number of carbonyl (C=O) groups is 1. The molecule has 0 radical (unpaired) electrons. The van der Waals surface area contributed by atoms with Crippen molar-refractivity contribution in [2.75, 3.05) is 23.7 Å². The van der Waals surface area contributed by atoms with E-state index < -0.39 is 5.97 Å². The van der Waals surface area contributed by atoms with Crippen molar-refractivity contribution in [3.8, 4) is 0 Å². The summed E-state index contributed by atoms with van der Waals surface area (Å²) in [6.07, 6.45) is 2.25. The fourth-order valence-corrected chi connectivity index (χ4v) is 2.82. The van der Waals surface area contributed by atoms with Crippen molar-refractivity contribution in [3.05, 3.63) is 17.8 Å². The van der Waals surface area contributed by atoms with Crippen LogP contribution in [-0.4, -0.2) is 38.8 Å². The predicted octanol–water partition coefficient (Wildman–Crippen LogP) is 1.25. The van der Waals surface area contributed by atoms with E-state index >= 15 is 0 Å². The topological polar surface area (TPSA) is 96.8 Å². The molecule has 0 amide bonds. The van der Waals surface area contributed by atoms with Gasteiger partial charge >= 0.3 is 5.97 Å². The third-order valence-corrected chi connectivity index (χ3v) is 3.69. The van der Waals surface area contributed by atoms with Crippen molar-refractivity contribution in [2.45, 2.75) is 19.8 Å². The number of hydrogen-bond acceptors (Lipinski definition) is 5. The number of nitrogens with two attached hydrogens (primary N) is 1. The molecule has 1 unspecified atom stereocenters. The van der Waals surface area contributed by atoms with Crippen LogP contribution in [0.4, 0.5) is 11.6 Å². The number of piperidine rings is 1. The molecule has 7 heteroatoms. The second kappa shape index (κ2) is 4.66. The Morgan fingerprint density at radius 3 is 3.00 bits per heavy atom. The number of hydrogen-bond donors (Lipinski definition) is 2. The number of anilines is 2. The highest BCUT2D eigenvalue weighted by molar-refractivity contribution is 5.93. The van der Waals surface area contributed by atoms with Gasteiger partial charge in [0.05, 0.1) is 5.69 Å². The lowest BCUT2D eigenvalue weighted by atomic mass is 9.99. The van der Waals surface area contributed by atoms with Crippen LogP contribution >= 0.6 is 0 Å². The van der Waals surface area contributed by atoms with Gasteiger partial charge in [0.1, 0.15) is 0 Å². The molecule has 7 nitrogen and oxygen atoms in total. The van der Waals surface area contributed by atoms with E-state index in [4.69, 9.17) is 5.73 Å². The van der Waals surface area contributed by atoms with E-state index in [1.54, 1.807) is 12.1 Å². The van der Waals surface area contributed by atoms with Crippen LogP contribution in [0.15, 0.2) is 12.1 Å². The summed E-state index contributed by atoms with van der Waals surface area (Å²) < 4.78 is 1.31. The first-order valence-corrected chi connectivity index (χ1v) is 6.70. The normalized spacial score (nSPS) is 19.4. The zero-order valence-corrected chi connectivity index (χ0v) is 11.3. The van der Waals surface area contributed by atoms with Gasteiger partial charge in [-0.15, -0.1) is 5.10 Å². The summed E-state index contributed by atoms with van der Waals surface area (Å²) >= 11 is 0. The van der Waals surface area contributed by atoms with E-state index in [1.807, 2.05) is 0 Å². The first-order chi connectivity index (χ1) is 9.56. The highest BCUT2D eigenvalue weighted by Gasteiger charge is 2.24. The van der Waals surface area contributed by atoms with Crippen molar-refractivity contribution in [1.29, 1.82) is 0 Å². The van der Waals surface area contributed by atoms with Crippen LogP contribution in [0.3, 0.4) is 0 Å². The standard InChI is InChI=1S/C13H17N5O2/c1-8-3-2-6-17(7-8)9-4-5-10-15-13(14)16-18(10)11(9)12(19)20/h4-5,8H,2-3,6-7H2,1H3,(H2,14,16)(H,19,20). The van der Waals surface area contributed by atoms with Gasteiger partial charge in [0, 0.05) is 13.1 Å². The SMILES string of the molecule is CC1CCCN(c2ccc3nc(N)nn3c2C(=O)O)C1. The number of nitrogens with zero attached hydrogens (tertiary/aromatic N) is 4. The molecule has 0 aliphatic carbocycles. The highest BCUT2D eigenvalue weighted by atomic mass is 16.4. The Balaban J connectivity index is 2.14. The van der Waals surface area contributed by atoms with Gasteiger partial charge in [-0.05, 0) is 30.9 Å². The molecule has 1 atom stereocenters. The number of aromatic nitrogens is 3. The third-order valence-electron chi connectivity index (χ3n) is 3.69. The van der Waals surface area contributed by atoms with Crippen LogP contribution in [0, 0.1) is 5.92 Å². The van der Waals surface area contributed by atoms with E-state index in [1.165, 1.54) is 10.9 Å². The molecule has 1 aliphatic rings. The Hall–Kier alpha value is -2.31. The Labute approximate surface area is 116 Å². The minimum atomic E-state index is -1.02. The molecule has 3 N–H and O–H groups in total. The average molecular weight is 275 g/mol. The fourth-order valence-electron chi connectivity index (χ4n) is 2.82. The summed E-state index contributed by atoms with van der Waals surface area (Å²) in [4.78, 5) is 17.7. The quantitative estimate of drug-likeness (QED) is 0.856. The van der Waals surface area contributed by atoms with E-state index in [0.717, 1.165) is 19.5 Å². The van der Waals surface area contributed by atoms with Gasteiger partial charge < -0.3 is 15.7 Å². The maximum Gasteiger partial charge on any atom is 0.356 e. The molecule has 1 aliphatic heterocycles. The molecule has 3 rings (SSSR count). The zero-order chi connectivity index (χ0) is 14.3. The summed E-state index contributed by atoms with van der Waals surface area (Å²) in [6, 6.07) is 3.55. The Bertz CT molecular complexity index is 666. The smallest absolute Gasteiger partial charge is 0.356 e. The van der Waals surface area contributed by atoms with Gasteiger partial charge in [-0.3, -0.25) is 0 Å². The second-order valence-corrected chi connectivity index (χ2v) is 5.31. The molecule has 20 heavy (non-hydrogen) atoms. The van der Waals surface area contributed by atoms with Gasteiger partial charge in [0.15, 0.2) is 11.3 Å². The summed E-state index contributed by atoms with van der Waals surface area (Å²) in [5.74, 6) is -0.382. The molecular formula is C13H17N5O2. The van der Waals surface area contributed by atoms with Crippen LogP contribution in [0.1, 0.15) is 30.3 Å². The molecule has 0 spiro atoms. The van der Waals surface area contributed by atoms with Gasteiger partial charge in [-0.1, -0.05) is 6.92 Å². The number of carboxylic acid groups (broad SMARTS) is 1. The summed E-state index contributed by atoms with van der Waals surface area (Å²) in [6.45, 7) is 3.90. The van der Waals surface area contributed by atoms with Gasteiger partial charge in [-0.25, -0.2) is 9.31 Å². The van der Waals surface area contributed by atoms with Crippen molar-refractivity contribution in [2.24, 2.45) is 5.92 Å². The summed E-state index contributed by atoms with van der Waals surface area (Å²) in [5.41, 5.74) is 6.82. The second-order valence-electron chi connectivity index (χ2n) is 5.31. The molecule has 2 aromatic heterocycles. The maximum atomic E-state index is 11.6. The number of fused-ring (bicyclic) bond motifs is 1. The fraction of sp³-hybridized carbons (Fsp3) is 0.462. The number of rotatable bonds is 2. The Morgan fingerprint density at radius 1 is 1.50 bits per heavy atom. The first-order valence-electron chi connectivity index (χ1n) is 6.70. The van der Waals surface area contributed by atoms with E-state index in [9.17, 15) is 9.90 Å². The van der Waals surface area contributed by atoms with Crippen LogP contribution < -0.4 is 10.6 Å². The van der Waals surface area contributed by atoms with E-state index in [0.29, 0.717) is 17.3 Å². The molecule has 1 fully saturated rings. The number of pyridine rings is 1. The third kappa shape index (κ3) is 2.04. The number of aromatic carboxylic acids is 1. The minimum Gasteiger partial charge on any atom is -0.476 e. The zero-order valence-electron chi connectivity index (χ0n) is 11.3. The summed E-state index contributed by atoms with van der Waals surface area (Å²) in [5, 5.41) is 13.5. The number of nitrogen functional groups attached to an aromatic ring is 1. The van der Waals surface area contributed by atoms with Gasteiger partial charge in [-0.2, -0.15) is 4.98 Å². The first kappa shape index (κ1) is 12.7. The highest BCUT2D eigenvalue weighted by Crippen LogP contribution is 2.27. The Kier molecular flexibility index (Phi) is 2.96. The molecule has 106 valence electrons. The molecular weight excluding hydrogens is 258 g/mol. The minimum absolute atomic E-state index is 0.0802. The van der Waals surface area contributed by atoms with Crippen LogP contribution in [-0.2, 0) is 0 Å². The van der Waals surface area contributed by atoms with Crippen molar-refractivity contribution < 1.29 is 9.90 Å². The summed E-state index contributed by atoms with van der Waals surface area (Å²) in [7, 11) is 0. The Morgan fingerprint density at radius 2 is 2.30 bits per heavy atom.